The van der Waals surface area contributed by atoms with Crippen molar-refractivity contribution in [3.8, 4) is 5.75 Å². The fraction of sp³-hybridized carbons (Fsp3) is 0.278. The maximum absolute atomic E-state index is 11.7. The monoisotopic (exact) mass is 296 g/mol. The fourth-order valence-corrected chi connectivity index (χ4v) is 2.11. The first-order chi connectivity index (χ1) is 10.8. The molecule has 1 aliphatic rings. The Labute approximate surface area is 130 Å². The van der Waals surface area contributed by atoms with Crippen molar-refractivity contribution in [1.29, 1.82) is 0 Å². The highest BCUT2D eigenvalue weighted by Crippen LogP contribution is 2.19. The summed E-state index contributed by atoms with van der Waals surface area (Å²) in [7, 11) is 0. The Balaban J connectivity index is 1.46. The van der Waals surface area contributed by atoms with Gasteiger partial charge in [0.25, 0.3) is 0 Å². The van der Waals surface area contributed by atoms with E-state index < -0.39 is 0 Å². The highest BCUT2D eigenvalue weighted by molar-refractivity contribution is 5.92. The van der Waals surface area contributed by atoms with Gasteiger partial charge in [-0.1, -0.05) is 30.3 Å². The fourth-order valence-electron chi connectivity index (χ4n) is 2.11. The molecule has 0 bridgehead atoms. The van der Waals surface area contributed by atoms with Crippen molar-refractivity contribution in [1.82, 2.24) is 5.32 Å². The summed E-state index contributed by atoms with van der Waals surface area (Å²) in [5, 5.41) is 6.06. The van der Waals surface area contributed by atoms with Gasteiger partial charge in [0.15, 0.2) is 0 Å². The summed E-state index contributed by atoms with van der Waals surface area (Å²) in [6.07, 6.45) is 2.36. The quantitative estimate of drug-likeness (QED) is 0.826. The second-order valence-corrected chi connectivity index (χ2v) is 5.50. The van der Waals surface area contributed by atoms with Crippen molar-refractivity contribution in [2.24, 2.45) is 0 Å². The van der Waals surface area contributed by atoms with Crippen molar-refractivity contribution in [3.63, 3.8) is 0 Å². The molecule has 1 saturated carbocycles. The minimum absolute atomic E-state index is 0.00939. The van der Waals surface area contributed by atoms with Crippen LogP contribution in [0, 0.1) is 0 Å². The predicted octanol–water partition coefficient (Wildman–Crippen LogP) is 2.96. The number of hydrogen-bond donors (Lipinski definition) is 2. The third-order valence-corrected chi connectivity index (χ3v) is 3.52. The number of nitrogens with one attached hydrogen (secondary N) is 2. The van der Waals surface area contributed by atoms with E-state index in [1.54, 1.807) is 0 Å². The Kier molecular flexibility index (Phi) is 4.71. The van der Waals surface area contributed by atoms with Gasteiger partial charge >= 0.3 is 0 Å². The van der Waals surface area contributed by atoms with Gasteiger partial charge in [0.2, 0.25) is 5.91 Å². The molecule has 0 spiro atoms. The molecule has 0 heterocycles. The Bertz CT molecular complexity index is 607. The van der Waals surface area contributed by atoms with Gasteiger partial charge in [-0.2, -0.15) is 0 Å². The van der Waals surface area contributed by atoms with Crippen LogP contribution in [0.2, 0.25) is 0 Å². The van der Waals surface area contributed by atoms with Crippen LogP contribution in [0.3, 0.4) is 0 Å². The minimum Gasteiger partial charge on any atom is -0.489 e. The maximum atomic E-state index is 11.7. The standard InChI is InChI=1S/C18H20N2O2/c21-18(12-19-15-6-7-15)20-16-8-10-17(11-9-16)22-13-14-4-2-1-3-5-14/h1-5,8-11,15,19H,6-7,12-13H2,(H,20,21). The van der Waals surface area contributed by atoms with Gasteiger partial charge in [0, 0.05) is 11.7 Å². The highest BCUT2D eigenvalue weighted by Gasteiger charge is 2.21. The number of amides is 1. The zero-order valence-corrected chi connectivity index (χ0v) is 12.4. The molecule has 4 nitrogen and oxygen atoms in total. The molecule has 1 aliphatic carbocycles. The molecule has 0 aliphatic heterocycles. The Morgan fingerprint density at radius 3 is 2.45 bits per heavy atom. The van der Waals surface area contributed by atoms with Gasteiger partial charge in [-0.3, -0.25) is 4.79 Å². The van der Waals surface area contributed by atoms with Crippen molar-refractivity contribution < 1.29 is 9.53 Å². The van der Waals surface area contributed by atoms with E-state index in [2.05, 4.69) is 10.6 Å². The summed E-state index contributed by atoms with van der Waals surface area (Å²) >= 11 is 0. The van der Waals surface area contributed by atoms with Crippen LogP contribution in [0.5, 0.6) is 5.75 Å². The molecule has 1 amide bonds. The van der Waals surface area contributed by atoms with Gasteiger partial charge in [0.1, 0.15) is 12.4 Å². The summed E-state index contributed by atoms with van der Waals surface area (Å²) in [6.45, 7) is 0.911. The van der Waals surface area contributed by atoms with E-state index in [9.17, 15) is 4.79 Å². The lowest BCUT2D eigenvalue weighted by molar-refractivity contribution is -0.115. The predicted molar refractivity (Wildman–Crippen MR) is 86.9 cm³/mol. The first-order valence-corrected chi connectivity index (χ1v) is 7.59. The number of carbonyl (C=O) groups is 1. The largest absolute Gasteiger partial charge is 0.489 e. The van der Waals surface area contributed by atoms with Crippen LogP contribution in [-0.2, 0) is 11.4 Å². The molecule has 0 atom stereocenters. The van der Waals surface area contributed by atoms with E-state index in [1.165, 1.54) is 12.8 Å². The molecule has 2 N–H and O–H groups in total. The molecule has 2 aromatic carbocycles. The third-order valence-electron chi connectivity index (χ3n) is 3.52. The molecule has 0 aromatic heterocycles. The molecule has 114 valence electrons. The zero-order chi connectivity index (χ0) is 15.2. The average molecular weight is 296 g/mol. The van der Waals surface area contributed by atoms with E-state index in [1.807, 2.05) is 54.6 Å². The number of hydrogen-bond acceptors (Lipinski definition) is 3. The summed E-state index contributed by atoms with van der Waals surface area (Å²) in [6, 6.07) is 18.0. The summed E-state index contributed by atoms with van der Waals surface area (Å²) in [5.41, 5.74) is 1.92. The maximum Gasteiger partial charge on any atom is 0.238 e. The van der Waals surface area contributed by atoms with E-state index in [0.717, 1.165) is 17.0 Å². The van der Waals surface area contributed by atoms with Crippen LogP contribution < -0.4 is 15.4 Å². The smallest absolute Gasteiger partial charge is 0.238 e. The van der Waals surface area contributed by atoms with Gasteiger partial charge in [-0.05, 0) is 42.7 Å². The van der Waals surface area contributed by atoms with Crippen molar-refractivity contribution in [2.45, 2.75) is 25.5 Å². The van der Waals surface area contributed by atoms with Gasteiger partial charge in [-0.25, -0.2) is 0 Å². The summed E-state index contributed by atoms with van der Waals surface area (Å²) < 4.78 is 5.71. The van der Waals surface area contributed by atoms with Crippen LogP contribution in [0.15, 0.2) is 54.6 Å². The number of benzene rings is 2. The van der Waals surface area contributed by atoms with Crippen LogP contribution in [-0.4, -0.2) is 18.5 Å². The second kappa shape index (κ2) is 7.09. The minimum atomic E-state index is -0.00939. The van der Waals surface area contributed by atoms with E-state index >= 15 is 0 Å². The molecule has 0 unspecified atom stereocenters. The lowest BCUT2D eigenvalue weighted by Crippen LogP contribution is -2.29. The Hall–Kier alpha value is -2.33. The number of anilines is 1. The van der Waals surface area contributed by atoms with Crippen molar-refractivity contribution in [2.75, 3.05) is 11.9 Å². The molecule has 0 radical (unpaired) electrons. The molecule has 3 rings (SSSR count). The molecule has 1 fully saturated rings. The van der Waals surface area contributed by atoms with Crippen molar-refractivity contribution >= 4 is 11.6 Å². The highest BCUT2D eigenvalue weighted by atomic mass is 16.5. The second-order valence-electron chi connectivity index (χ2n) is 5.50. The third kappa shape index (κ3) is 4.60. The number of rotatable bonds is 7. The van der Waals surface area contributed by atoms with Crippen LogP contribution in [0.25, 0.3) is 0 Å². The van der Waals surface area contributed by atoms with E-state index in [-0.39, 0.29) is 5.91 Å². The van der Waals surface area contributed by atoms with Gasteiger partial charge < -0.3 is 15.4 Å². The normalized spacial score (nSPS) is 13.6. The summed E-state index contributed by atoms with van der Waals surface area (Å²) in [4.78, 5) is 11.7. The molecule has 22 heavy (non-hydrogen) atoms. The van der Waals surface area contributed by atoms with E-state index in [0.29, 0.717) is 19.2 Å². The lowest BCUT2D eigenvalue weighted by atomic mass is 10.2. The molecular formula is C18H20N2O2. The Morgan fingerprint density at radius 1 is 1.05 bits per heavy atom. The lowest BCUT2D eigenvalue weighted by Gasteiger charge is -2.09. The van der Waals surface area contributed by atoms with Crippen LogP contribution >= 0.6 is 0 Å². The molecule has 4 heteroatoms. The number of carbonyl (C=O) groups excluding carboxylic acids is 1. The first-order valence-electron chi connectivity index (χ1n) is 7.59. The van der Waals surface area contributed by atoms with Gasteiger partial charge in [0.05, 0.1) is 6.54 Å². The topological polar surface area (TPSA) is 50.4 Å². The van der Waals surface area contributed by atoms with Crippen molar-refractivity contribution in [3.05, 3.63) is 60.2 Å². The number of ether oxygens (including phenoxy) is 1. The van der Waals surface area contributed by atoms with Crippen LogP contribution in [0.4, 0.5) is 5.69 Å². The summed E-state index contributed by atoms with van der Waals surface area (Å²) in [5.74, 6) is 0.780. The zero-order valence-electron chi connectivity index (χ0n) is 12.4. The Morgan fingerprint density at radius 2 is 1.77 bits per heavy atom. The first kappa shape index (κ1) is 14.6. The van der Waals surface area contributed by atoms with E-state index in [4.69, 9.17) is 4.74 Å². The molecule has 0 saturated heterocycles. The SMILES string of the molecule is O=C(CNC1CC1)Nc1ccc(OCc2ccccc2)cc1. The molecular weight excluding hydrogens is 276 g/mol. The van der Waals surface area contributed by atoms with Gasteiger partial charge in [-0.15, -0.1) is 0 Å². The average Bonchev–Trinajstić information content (AvgIpc) is 3.38. The molecule has 2 aromatic rings. The van der Waals surface area contributed by atoms with Crippen LogP contribution in [0.1, 0.15) is 18.4 Å².